The summed E-state index contributed by atoms with van der Waals surface area (Å²) in [7, 11) is 0. The molecule has 2 aromatic heterocycles. The standard InChI is InChI=1S/C48H51N3O/c1-29(2)31-19-24-42(52)40(27-31)46-50-45-36(16-12-18-41(45)51(46)35-22-20-34(21-23-35)47(5,6)7)32-14-11-15-33(26-32)39-28-38(30(3)4)43(48(8,9)10)37-17-13-25-49-44(37)39/h11-30,52H,1-10H3. The van der Waals surface area contributed by atoms with Crippen LogP contribution in [0.3, 0.4) is 0 Å². The van der Waals surface area contributed by atoms with E-state index in [1.165, 1.54) is 22.1 Å². The maximum absolute atomic E-state index is 11.3. The molecule has 2 heterocycles. The smallest absolute Gasteiger partial charge is 0.149 e. The van der Waals surface area contributed by atoms with E-state index in [9.17, 15) is 5.11 Å². The topological polar surface area (TPSA) is 50.9 Å². The summed E-state index contributed by atoms with van der Waals surface area (Å²) in [6.45, 7) is 22.5. The molecule has 4 nitrogen and oxygen atoms in total. The number of nitrogens with zero attached hydrogens (tertiary/aromatic N) is 3. The van der Waals surface area contributed by atoms with Crippen molar-refractivity contribution >= 4 is 21.9 Å². The molecule has 0 aliphatic heterocycles. The molecule has 0 saturated carbocycles. The van der Waals surface area contributed by atoms with Crippen molar-refractivity contribution in [1.82, 2.24) is 14.5 Å². The van der Waals surface area contributed by atoms with Gasteiger partial charge in [0, 0.05) is 28.4 Å². The minimum atomic E-state index is -0.0242. The second-order valence-electron chi connectivity index (χ2n) is 16.9. The first-order chi connectivity index (χ1) is 24.6. The molecule has 0 aliphatic rings. The Morgan fingerprint density at radius 2 is 1.31 bits per heavy atom. The van der Waals surface area contributed by atoms with Gasteiger partial charge in [-0.1, -0.05) is 124 Å². The van der Waals surface area contributed by atoms with E-state index in [0.717, 1.165) is 61.4 Å². The van der Waals surface area contributed by atoms with E-state index in [-0.39, 0.29) is 16.6 Å². The molecule has 7 rings (SSSR count). The van der Waals surface area contributed by atoms with Crippen molar-refractivity contribution in [2.75, 3.05) is 0 Å². The minimum Gasteiger partial charge on any atom is -0.507 e. The van der Waals surface area contributed by atoms with Crippen LogP contribution in [0, 0.1) is 0 Å². The average molecular weight is 686 g/mol. The Morgan fingerprint density at radius 1 is 0.615 bits per heavy atom. The molecule has 0 fully saturated rings. The van der Waals surface area contributed by atoms with Crippen LogP contribution in [0.4, 0.5) is 0 Å². The normalized spacial score (nSPS) is 12.5. The number of rotatable bonds is 6. The van der Waals surface area contributed by atoms with E-state index in [1.54, 1.807) is 6.07 Å². The van der Waals surface area contributed by atoms with Crippen LogP contribution in [0.25, 0.3) is 61.3 Å². The predicted octanol–water partition coefficient (Wildman–Crippen LogP) is 13.1. The number of phenols is 1. The molecule has 0 spiro atoms. The molecule has 0 aliphatic carbocycles. The number of phenolic OH excluding ortho intramolecular Hbond substituents is 1. The zero-order valence-electron chi connectivity index (χ0n) is 32.3. The van der Waals surface area contributed by atoms with Crippen molar-refractivity contribution in [3.8, 4) is 45.1 Å². The summed E-state index contributed by atoms with van der Waals surface area (Å²) in [5.41, 5.74) is 14.2. The predicted molar refractivity (Wildman–Crippen MR) is 220 cm³/mol. The molecular weight excluding hydrogens is 635 g/mol. The van der Waals surface area contributed by atoms with E-state index in [1.807, 2.05) is 12.3 Å². The molecule has 0 amide bonds. The second-order valence-corrected chi connectivity index (χ2v) is 16.9. The minimum absolute atomic E-state index is 0.0242. The lowest BCUT2D eigenvalue weighted by Crippen LogP contribution is -2.16. The maximum Gasteiger partial charge on any atom is 0.149 e. The van der Waals surface area contributed by atoms with E-state index in [0.29, 0.717) is 11.8 Å². The van der Waals surface area contributed by atoms with Crippen molar-refractivity contribution in [3.63, 3.8) is 0 Å². The van der Waals surface area contributed by atoms with Crippen LogP contribution in [0.2, 0.25) is 0 Å². The van der Waals surface area contributed by atoms with Gasteiger partial charge in [-0.3, -0.25) is 9.55 Å². The molecule has 0 bridgehead atoms. The molecule has 0 radical (unpaired) electrons. The van der Waals surface area contributed by atoms with Crippen LogP contribution in [0.1, 0.15) is 103 Å². The fourth-order valence-electron chi connectivity index (χ4n) is 7.62. The highest BCUT2D eigenvalue weighted by molar-refractivity contribution is 6.00. The quantitative estimate of drug-likeness (QED) is 0.190. The lowest BCUT2D eigenvalue weighted by atomic mass is 9.77. The number of hydrogen-bond acceptors (Lipinski definition) is 3. The van der Waals surface area contributed by atoms with E-state index < -0.39 is 0 Å². The van der Waals surface area contributed by atoms with E-state index >= 15 is 0 Å². The molecule has 264 valence electrons. The first-order valence-corrected chi connectivity index (χ1v) is 18.6. The fourth-order valence-corrected chi connectivity index (χ4v) is 7.62. The van der Waals surface area contributed by atoms with Gasteiger partial charge in [0.05, 0.1) is 22.1 Å². The van der Waals surface area contributed by atoms with Crippen molar-refractivity contribution in [2.45, 2.75) is 91.9 Å². The van der Waals surface area contributed by atoms with Gasteiger partial charge in [0.15, 0.2) is 0 Å². The Bertz CT molecular complexity index is 2430. The van der Waals surface area contributed by atoms with E-state index in [4.69, 9.17) is 9.97 Å². The Labute approximate surface area is 309 Å². The summed E-state index contributed by atoms with van der Waals surface area (Å²) in [5.74, 6) is 1.60. The number of aromatic nitrogens is 3. The third-order valence-corrected chi connectivity index (χ3v) is 10.4. The first-order valence-electron chi connectivity index (χ1n) is 18.6. The maximum atomic E-state index is 11.3. The highest BCUT2D eigenvalue weighted by Gasteiger charge is 2.26. The van der Waals surface area contributed by atoms with Crippen molar-refractivity contribution in [1.29, 1.82) is 0 Å². The summed E-state index contributed by atoms with van der Waals surface area (Å²) in [6.07, 6.45) is 1.91. The summed E-state index contributed by atoms with van der Waals surface area (Å²) < 4.78 is 2.20. The van der Waals surface area contributed by atoms with Gasteiger partial charge in [0.25, 0.3) is 0 Å². The highest BCUT2D eigenvalue weighted by atomic mass is 16.3. The molecular formula is C48H51N3O. The van der Waals surface area contributed by atoms with Crippen LogP contribution in [-0.2, 0) is 10.8 Å². The van der Waals surface area contributed by atoms with Gasteiger partial charge >= 0.3 is 0 Å². The van der Waals surface area contributed by atoms with Gasteiger partial charge in [0.1, 0.15) is 11.6 Å². The average Bonchev–Trinajstić information content (AvgIpc) is 3.50. The Morgan fingerprint density at radius 3 is 1.96 bits per heavy atom. The number of aromatic hydroxyl groups is 1. The van der Waals surface area contributed by atoms with Gasteiger partial charge < -0.3 is 5.11 Å². The van der Waals surface area contributed by atoms with Crippen LogP contribution in [0.5, 0.6) is 5.75 Å². The Hall–Kier alpha value is -5.22. The fraction of sp³-hybridized carbons (Fsp3) is 0.292. The Balaban J connectivity index is 1.47. The lowest BCUT2D eigenvalue weighted by molar-refractivity contribution is 0.476. The molecule has 52 heavy (non-hydrogen) atoms. The number of hydrogen-bond donors (Lipinski definition) is 1. The molecule has 4 heteroatoms. The SMILES string of the molecule is CC(C)c1ccc(O)c(-c2nc3c(-c4cccc(-c5cc(C(C)C)c(C(C)(C)C)c6cccnc56)c4)cccc3n2-c2ccc(C(C)(C)C)cc2)c1. The number of pyridine rings is 1. The second kappa shape index (κ2) is 13.1. The van der Waals surface area contributed by atoms with Crippen molar-refractivity contribution < 1.29 is 5.11 Å². The molecule has 0 atom stereocenters. The van der Waals surface area contributed by atoms with Gasteiger partial charge in [-0.15, -0.1) is 0 Å². The number of imidazole rings is 1. The zero-order chi connectivity index (χ0) is 37.1. The third-order valence-electron chi connectivity index (χ3n) is 10.4. The van der Waals surface area contributed by atoms with Crippen LogP contribution in [-0.4, -0.2) is 19.6 Å². The summed E-state index contributed by atoms with van der Waals surface area (Å²) in [4.78, 5) is 10.4. The largest absolute Gasteiger partial charge is 0.507 e. The molecule has 7 aromatic rings. The van der Waals surface area contributed by atoms with Gasteiger partial charge in [-0.05, 0) is 105 Å². The number of benzene rings is 5. The van der Waals surface area contributed by atoms with Crippen LogP contribution in [0.15, 0.2) is 109 Å². The lowest BCUT2D eigenvalue weighted by Gasteiger charge is -2.28. The molecule has 0 saturated heterocycles. The highest BCUT2D eigenvalue weighted by Crippen LogP contribution is 2.43. The van der Waals surface area contributed by atoms with Gasteiger partial charge in [0.2, 0.25) is 0 Å². The number of fused-ring (bicyclic) bond motifs is 2. The third kappa shape index (κ3) is 6.29. The molecule has 1 N–H and O–H groups in total. The van der Waals surface area contributed by atoms with E-state index in [2.05, 4.69) is 165 Å². The van der Waals surface area contributed by atoms with Crippen molar-refractivity contribution in [3.05, 3.63) is 132 Å². The van der Waals surface area contributed by atoms with Crippen molar-refractivity contribution in [2.24, 2.45) is 0 Å². The van der Waals surface area contributed by atoms with Crippen LogP contribution >= 0.6 is 0 Å². The summed E-state index contributed by atoms with van der Waals surface area (Å²) in [5, 5.41) is 12.5. The monoisotopic (exact) mass is 685 g/mol. The zero-order valence-corrected chi connectivity index (χ0v) is 32.3. The van der Waals surface area contributed by atoms with Gasteiger partial charge in [-0.2, -0.15) is 0 Å². The Kier molecular flexibility index (Phi) is 8.85. The first kappa shape index (κ1) is 35.2. The number of para-hydroxylation sites is 1. The summed E-state index contributed by atoms with van der Waals surface area (Å²) >= 11 is 0. The van der Waals surface area contributed by atoms with Crippen LogP contribution < -0.4 is 0 Å². The molecule has 0 unspecified atom stereocenters. The molecule has 5 aromatic carbocycles. The van der Waals surface area contributed by atoms with Gasteiger partial charge in [-0.25, -0.2) is 4.98 Å². The summed E-state index contributed by atoms with van der Waals surface area (Å²) in [6, 6.07) is 36.5.